The Hall–Kier alpha value is -4.06. The highest BCUT2D eigenvalue weighted by Gasteiger charge is 2.20. The average molecular weight is 482 g/mol. The number of aromatic hydroxyl groups is 1. The van der Waals surface area contributed by atoms with Crippen molar-refractivity contribution in [3.05, 3.63) is 71.9 Å². The molecule has 6 heteroatoms. The molecule has 0 aliphatic heterocycles. The van der Waals surface area contributed by atoms with E-state index in [4.69, 9.17) is 5.73 Å². The highest BCUT2D eigenvalue weighted by molar-refractivity contribution is 5.77. The molecule has 0 radical (unpaired) electrons. The third kappa shape index (κ3) is 4.35. The Morgan fingerprint density at radius 1 is 0.583 bits per heavy atom. The normalized spacial score (nSPS) is 12.4. The molecule has 0 spiro atoms. The van der Waals surface area contributed by atoms with Gasteiger partial charge in [0.25, 0.3) is 0 Å². The van der Waals surface area contributed by atoms with E-state index in [0.717, 1.165) is 51.1 Å². The van der Waals surface area contributed by atoms with E-state index in [0.29, 0.717) is 5.69 Å². The summed E-state index contributed by atoms with van der Waals surface area (Å²) in [5.41, 5.74) is 16.5. The van der Waals surface area contributed by atoms with E-state index in [9.17, 15) is 5.11 Å². The van der Waals surface area contributed by atoms with Crippen LogP contribution in [0, 0.1) is 0 Å². The Bertz CT molecular complexity index is 1510. The number of benzene rings is 1. The number of nitrogens with two attached hydrogens (primary N) is 1. The van der Waals surface area contributed by atoms with Crippen molar-refractivity contribution in [1.29, 1.82) is 0 Å². The van der Waals surface area contributed by atoms with Crippen molar-refractivity contribution in [3.63, 3.8) is 0 Å². The SMILES string of the molecule is CC(C)(C)c1ccc(-c2cc(O)c(-c3ccc(-c4ccc(-c5[nH]c(C(C)(C)C)cc5N)[nH]4)[nH]3)[nH]2)cc1. The molecule has 1 aromatic carbocycles. The van der Waals surface area contributed by atoms with Gasteiger partial charge in [-0.3, -0.25) is 0 Å². The van der Waals surface area contributed by atoms with Gasteiger partial charge >= 0.3 is 0 Å². The number of hydrogen-bond donors (Lipinski definition) is 6. The fraction of sp³-hybridized carbons (Fsp3) is 0.267. The van der Waals surface area contributed by atoms with E-state index >= 15 is 0 Å². The molecule has 0 aliphatic carbocycles. The molecular weight excluding hydrogens is 446 g/mol. The molecule has 0 fully saturated rings. The lowest BCUT2D eigenvalue weighted by atomic mass is 9.86. The third-order valence-corrected chi connectivity index (χ3v) is 6.72. The molecule has 0 saturated heterocycles. The summed E-state index contributed by atoms with van der Waals surface area (Å²) in [5, 5.41) is 10.7. The van der Waals surface area contributed by atoms with Crippen LogP contribution in [0.5, 0.6) is 5.75 Å². The topological polar surface area (TPSA) is 109 Å². The van der Waals surface area contributed by atoms with E-state index in [-0.39, 0.29) is 16.6 Å². The van der Waals surface area contributed by atoms with Gasteiger partial charge in [0.1, 0.15) is 11.4 Å². The van der Waals surface area contributed by atoms with Crippen LogP contribution >= 0.6 is 0 Å². The van der Waals surface area contributed by atoms with Crippen LogP contribution in [0.15, 0.2) is 60.7 Å². The van der Waals surface area contributed by atoms with Crippen LogP contribution in [0.2, 0.25) is 0 Å². The summed E-state index contributed by atoms with van der Waals surface area (Å²) in [7, 11) is 0. The summed E-state index contributed by atoms with van der Waals surface area (Å²) in [4.78, 5) is 13.7. The molecule has 5 rings (SSSR count). The molecule has 186 valence electrons. The molecular formula is C30H35N5O. The minimum Gasteiger partial charge on any atom is -0.506 e. The second-order valence-corrected chi connectivity index (χ2v) is 11.6. The first kappa shape index (κ1) is 23.7. The Labute approximate surface area is 212 Å². The molecule has 5 aromatic rings. The summed E-state index contributed by atoms with van der Waals surface area (Å²) in [5.74, 6) is 0.208. The lowest BCUT2D eigenvalue weighted by molar-refractivity contribution is 0.478. The monoisotopic (exact) mass is 481 g/mol. The molecule has 4 aromatic heterocycles. The van der Waals surface area contributed by atoms with E-state index in [2.05, 4.69) is 85.7 Å². The average Bonchev–Trinajstić information content (AvgIpc) is 3.58. The summed E-state index contributed by atoms with van der Waals surface area (Å²) in [6.07, 6.45) is 0. The first-order valence-electron chi connectivity index (χ1n) is 12.3. The van der Waals surface area contributed by atoms with Crippen molar-refractivity contribution < 1.29 is 5.11 Å². The maximum Gasteiger partial charge on any atom is 0.143 e. The van der Waals surface area contributed by atoms with Crippen LogP contribution in [0.25, 0.3) is 45.4 Å². The van der Waals surface area contributed by atoms with Gasteiger partial charge in [-0.2, -0.15) is 0 Å². The number of anilines is 1. The van der Waals surface area contributed by atoms with Crippen LogP contribution in [-0.2, 0) is 10.8 Å². The highest BCUT2D eigenvalue weighted by atomic mass is 16.3. The first-order chi connectivity index (χ1) is 16.9. The first-order valence-corrected chi connectivity index (χ1v) is 12.3. The molecule has 0 amide bonds. The zero-order valence-corrected chi connectivity index (χ0v) is 21.8. The van der Waals surface area contributed by atoms with Gasteiger partial charge in [0, 0.05) is 22.9 Å². The summed E-state index contributed by atoms with van der Waals surface area (Å²) >= 11 is 0. The highest BCUT2D eigenvalue weighted by Crippen LogP contribution is 2.36. The van der Waals surface area contributed by atoms with E-state index in [1.54, 1.807) is 6.07 Å². The maximum absolute atomic E-state index is 10.7. The van der Waals surface area contributed by atoms with Crippen LogP contribution in [0.3, 0.4) is 0 Å². The van der Waals surface area contributed by atoms with Gasteiger partial charge in [0.15, 0.2) is 0 Å². The van der Waals surface area contributed by atoms with E-state index in [1.807, 2.05) is 30.3 Å². The number of H-pyrrole nitrogens is 4. The van der Waals surface area contributed by atoms with Crippen molar-refractivity contribution in [3.8, 4) is 51.2 Å². The van der Waals surface area contributed by atoms with E-state index in [1.165, 1.54) is 5.56 Å². The minimum absolute atomic E-state index is 0.0122. The molecule has 4 heterocycles. The Morgan fingerprint density at radius 2 is 1.14 bits per heavy atom. The number of nitrogen functional groups attached to an aromatic ring is 1. The molecule has 6 nitrogen and oxygen atoms in total. The van der Waals surface area contributed by atoms with Gasteiger partial charge < -0.3 is 30.8 Å². The number of hydrogen-bond acceptors (Lipinski definition) is 2. The molecule has 0 aliphatic rings. The number of nitrogens with one attached hydrogen (secondary N) is 4. The van der Waals surface area contributed by atoms with Crippen LogP contribution in [0.4, 0.5) is 5.69 Å². The molecule has 7 N–H and O–H groups in total. The lowest BCUT2D eigenvalue weighted by Crippen LogP contribution is -2.11. The quantitative estimate of drug-likeness (QED) is 0.159. The van der Waals surface area contributed by atoms with Crippen molar-refractivity contribution in [2.75, 3.05) is 5.73 Å². The zero-order chi connectivity index (χ0) is 25.8. The summed E-state index contributed by atoms with van der Waals surface area (Å²) in [6.45, 7) is 13.1. The van der Waals surface area contributed by atoms with Gasteiger partial charge in [0.2, 0.25) is 0 Å². The molecule has 0 bridgehead atoms. The van der Waals surface area contributed by atoms with Crippen molar-refractivity contribution >= 4 is 5.69 Å². The fourth-order valence-electron chi connectivity index (χ4n) is 4.45. The smallest absolute Gasteiger partial charge is 0.143 e. The predicted molar refractivity (Wildman–Crippen MR) is 149 cm³/mol. The largest absolute Gasteiger partial charge is 0.506 e. The summed E-state index contributed by atoms with van der Waals surface area (Å²) in [6, 6.07) is 20.3. The van der Waals surface area contributed by atoms with Crippen LogP contribution < -0.4 is 5.73 Å². The predicted octanol–water partition coefficient (Wildman–Crippen LogP) is 7.55. The Kier molecular flexibility index (Phi) is 5.43. The van der Waals surface area contributed by atoms with Gasteiger partial charge in [-0.25, -0.2) is 0 Å². The molecule has 36 heavy (non-hydrogen) atoms. The lowest BCUT2D eigenvalue weighted by Gasteiger charge is -2.19. The van der Waals surface area contributed by atoms with E-state index < -0.39 is 0 Å². The third-order valence-electron chi connectivity index (χ3n) is 6.72. The zero-order valence-electron chi connectivity index (χ0n) is 21.8. The van der Waals surface area contributed by atoms with Gasteiger partial charge in [0.05, 0.1) is 34.2 Å². The molecule has 0 saturated carbocycles. The van der Waals surface area contributed by atoms with Crippen molar-refractivity contribution in [2.45, 2.75) is 52.4 Å². The second-order valence-electron chi connectivity index (χ2n) is 11.6. The van der Waals surface area contributed by atoms with Crippen molar-refractivity contribution in [2.24, 2.45) is 0 Å². The minimum atomic E-state index is -0.0122. The number of rotatable bonds is 4. The molecule has 0 atom stereocenters. The van der Waals surface area contributed by atoms with Crippen LogP contribution in [-0.4, -0.2) is 25.0 Å². The van der Waals surface area contributed by atoms with Crippen molar-refractivity contribution in [1.82, 2.24) is 19.9 Å². The number of aromatic amines is 4. The van der Waals surface area contributed by atoms with Gasteiger partial charge in [-0.05, 0) is 46.9 Å². The summed E-state index contributed by atoms with van der Waals surface area (Å²) < 4.78 is 0. The van der Waals surface area contributed by atoms with Gasteiger partial charge in [-0.1, -0.05) is 65.8 Å². The maximum atomic E-state index is 10.7. The van der Waals surface area contributed by atoms with Gasteiger partial charge in [-0.15, -0.1) is 0 Å². The van der Waals surface area contributed by atoms with Crippen LogP contribution in [0.1, 0.15) is 52.8 Å². The Balaban J connectivity index is 1.40. The number of aromatic nitrogens is 4. The fourth-order valence-corrected chi connectivity index (χ4v) is 4.45. The standard InChI is InChI=1S/C30H35N5O/c1-29(2,3)18-9-7-17(8-10-18)24-16-25(36)28(34-24)23-14-12-21(33-23)20-11-13-22(32-20)27-19(31)15-26(35-27)30(4,5)6/h7-16,32-36H,31H2,1-6H3. The Morgan fingerprint density at radius 3 is 1.67 bits per heavy atom. The molecule has 0 unspecified atom stereocenters. The second kappa shape index (κ2) is 8.26.